The van der Waals surface area contributed by atoms with Crippen LogP contribution < -0.4 is 11.3 Å². The quantitative estimate of drug-likeness (QED) is 0.655. The minimum Gasteiger partial charge on any atom is -0.271 e. The lowest BCUT2D eigenvalue weighted by molar-refractivity contribution is 0.542. The molecule has 3 N–H and O–H groups in total. The zero-order valence-electron chi connectivity index (χ0n) is 10.2. The van der Waals surface area contributed by atoms with E-state index in [2.05, 4.69) is 45.4 Å². The zero-order valence-corrected chi connectivity index (χ0v) is 12.6. The van der Waals surface area contributed by atoms with Crippen molar-refractivity contribution in [1.29, 1.82) is 0 Å². The van der Waals surface area contributed by atoms with Crippen molar-refractivity contribution in [2.45, 2.75) is 25.8 Å². The van der Waals surface area contributed by atoms with Crippen molar-refractivity contribution in [1.82, 2.24) is 10.4 Å². The van der Waals surface area contributed by atoms with Gasteiger partial charge in [0.05, 0.1) is 11.7 Å². The van der Waals surface area contributed by atoms with E-state index in [4.69, 9.17) is 5.84 Å². The molecule has 2 rings (SSSR count). The lowest BCUT2D eigenvalue weighted by Gasteiger charge is -2.14. The second-order valence-corrected chi connectivity index (χ2v) is 6.21. The van der Waals surface area contributed by atoms with Gasteiger partial charge in [-0.3, -0.25) is 16.3 Å². The molecule has 2 aromatic heterocycles. The van der Waals surface area contributed by atoms with Crippen molar-refractivity contribution in [3.05, 3.63) is 50.4 Å². The summed E-state index contributed by atoms with van der Waals surface area (Å²) in [7, 11) is 0. The second kappa shape index (κ2) is 6.43. The molecule has 0 aliphatic heterocycles. The van der Waals surface area contributed by atoms with Gasteiger partial charge in [0.25, 0.3) is 0 Å². The molecular formula is C13H16BrN3S. The molecule has 3 nitrogen and oxygen atoms in total. The number of aryl methyl sites for hydroxylation is 1. The third kappa shape index (κ3) is 3.38. The molecule has 18 heavy (non-hydrogen) atoms. The van der Waals surface area contributed by atoms with E-state index in [0.717, 1.165) is 23.0 Å². The number of hydrogen-bond donors (Lipinski definition) is 2. The number of nitrogens with zero attached hydrogens (tertiary/aromatic N) is 1. The fourth-order valence-electron chi connectivity index (χ4n) is 1.77. The van der Waals surface area contributed by atoms with Crippen LogP contribution >= 0.6 is 27.3 Å². The number of thiophene rings is 1. The summed E-state index contributed by atoms with van der Waals surface area (Å²) in [4.78, 5) is 7.13. The topological polar surface area (TPSA) is 50.9 Å². The Morgan fingerprint density at radius 3 is 2.67 bits per heavy atom. The number of nitrogens with one attached hydrogen (secondary N) is 1. The SMILES string of the molecule is CCc1ccc(CC(NN)c2ccc(Br)cn2)s1. The second-order valence-electron chi connectivity index (χ2n) is 4.05. The summed E-state index contributed by atoms with van der Waals surface area (Å²) in [5.41, 5.74) is 3.81. The first kappa shape index (κ1) is 13.7. The van der Waals surface area contributed by atoms with Gasteiger partial charge in [0, 0.05) is 26.8 Å². The van der Waals surface area contributed by atoms with E-state index in [1.165, 1.54) is 9.75 Å². The molecule has 2 aromatic rings. The summed E-state index contributed by atoms with van der Waals surface area (Å²) < 4.78 is 0.978. The molecule has 0 amide bonds. The summed E-state index contributed by atoms with van der Waals surface area (Å²) >= 11 is 5.23. The van der Waals surface area contributed by atoms with E-state index < -0.39 is 0 Å². The minimum absolute atomic E-state index is 0.0569. The zero-order chi connectivity index (χ0) is 13.0. The highest BCUT2D eigenvalue weighted by Gasteiger charge is 2.13. The first-order valence-corrected chi connectivity index (χ1v) is 7.49. The van der Waals surface area contributed by atoms with Crippen LogP contribution in [-0.4, -0.2) is 4.98 Å². The predicted octanol–water partition coefficient (Wildman–Crippen LogP) is 3.22. The third-order valence-corrected chi connectivity index (χ3v) is 4.50. The molecule has 0 spiro atoms. The van der Waals surface area contributed by atoms with Crippen LogP contribution in [0.15, 0.2) is 34.9 Å². The van der Waals surface area contributed by atoms with Crippen molar-refractivity contribution < 1.29 is 0 Å². The fourth-order valence-corrected chi connectivity index (χ4v) is 3.00. The molecule has 1 unspecified atom stereocenters. The Hall–Kier alpha value is -0.750. The highest BCUT2D eigenvalue weighted by atomic mass is 79.9. The Morgan fingerprint density at radius 1 is 1.33 bits per heavy atom. The van der Waals surface area contributed by atoms with Gasteiger partial charge in [0.1, 0.15) is 0 Å². The van der Waals surface area contributed by atoms with Crippen LogP contribution in [0, 0.1) is 0 Å². The molecule has 0 aromatic carbocycles. The van der Waals surface area contributed by atoms with Crippen LogP contribution in [0.3, 0.4) is 0 Å². The molecule has 1 atom stereocenters. The first-order chi connectivity index (χ1) is 8.72. The Kier molecular flexibility index (Phi) is 4.88. The summed E-state index contributed by atoms with van der Waals surface area (Å²) in [6, 6.07) is 8.39. The molecule has 96 valence electrons. The number of rotatable bonds is 5. The molecule has 0 fully saturated rings. The monoisotopic (exact) mass is 325 g/mol. The minimum atomic E-state index is 0.0569. The van der Waals surface area contributed by atoms with E-state index in [0.29, 0.717) is 0 Å². The summed E-state index contributed by atoms with van der Waals surface area (Å²) in [6.07, 6.45) is 3.75. The van der Waals surface area contributed by atoms with Gasteiger partial charge in [-0.25, -0.2) is 0 Å². The summed E-state index contributed by atoms with van der Waals surface area (Å²) in [5.74, 6) is 5.63. The molecule has 0 bridgehead atoms. The standard InChI is InChI=1S/C13H16BrN3S/c1-2-10-4-5-11(18-10)7-13(17-15)12-6-3-9(14)8-16-12/h3-6,8,13,17H,2,7,15H2,1H3. The van der Waals surface area contributed by atoms with Gasteiger partial charge in [-0.2, -0.15) is 0 Å². The summed E-state index contributed by atoms with van der Waals surface area (Å²) in [5, 5.41) is 0. The van der Waals surface area contributed by atoms with Gasteiger partial charge in [0.15, 0.2) is 0 Å². The fraction of sp³-hybridized carbons (Fsp3) is 0.308. The van der Waals surface area contributed by atoms with Gasteiger partial charge >= 0.3 is 0 Å². The summed E-state index contributed by atoms with van der Waals surface area (Å²) in [6.45, 7) is 2.17. The van der Waals surface area contributed by atoms with E-state index in [1.807, 2.05) is 23.5 Å². The number of aromatic nitrogens is 1. The van der Waals surface area contributed by atoms with Gasteiger partial charge in [0.2, 0.25) is 0 Å². The lowest BCUT2D eigenvalue weighted by atomic mass is 10.1. The number of halogens is 1. The normalized spacial score (nSPS) is 12.6. The van der Waals surface area contributed by atoms with Crippen molar-refractivity contribution in [2.24, 2.45) is 5.84 Å². The molecule has 0 saturated carbocycles. The number of hydrazine groups is 1. The van der Waals surface area contributed by atoms with Crippen molar-refractivity contribution >= 4 is 27.3 Å². The van der Waals surface area contributed by atoms with E-state index in [9.17, 15) is 0 Å². The van der Waals surface area contributed by atoms with Crippen LogP contribution in [0.1, 0.15) is 28.4 Å². The van der Waals surface area contributed by atoms with Crippen LogP contribution in [0.4, 0.5) is 0 Å². The third-order valence-electron chi connectivity index (χ3n) is 2.78. The maximum Gasteiger partial charge on any atom is 0.0680 e. The molecular weight excluding hydrogens is 310 g/mol. The van der Waals surface area contributed by atoms with Crippen LogP contribution in [0.25, 0.3) is 0 Å². The lowest BCUT2D eigenvalue weighted by Crippen LogP contribution is -2.30. The average molecular weight is 326 g/mol. The highest BCUT2D eigenvalue weighted by molar-refractivity contribution is 9.10. The van der Waals surface area contributed by atoms with E-state index in [-0.39, 0.29) is 6.04 Å². The molecule has 2 heterocycles. The van der Waals surface area contributed by atoms with Crippen LogP contribution in [-0.2, 0) is 12.8 Å². The van der Waals surface area contributed by atoms with Crippen molar-refractivity contribution in [3.8, 4) is 0 Å². The molecule has 0 saturated heterocycles. The molecule has 5 heteroatoms. The van der Waals surface area contributed by atoms with Gasteiger partial charge in [-0.05, 0) is 46.6 Å². The number of nitrogens with two attached hydrogens (primary N) is 1. The van der Waals surface area contributed by atoms with Crippen molar-refractivity contribution in [3.63, 3.8) is 0 Å². The number of hydrogen-bond acceptors (Lipinski definition) is 4. The first-order valence-electron chi connectivity index (χ1n) is 5.88. The van der Waals surface area contributed by atoms with Crippen molar-refractivity contribution in [2.75, 3.05) is 0 Å². The van der Waals surface area contributed by atoms with E-state index in [1.54, 1.807) is 6.20 Å². The molecule has 0 aliphatic rings. The molecule has 0 aliphatic carbocycles. The van der Waals surface area contributed by atoms with Gasteiger partial charge in [-0.1, -0.05) is 6.92 Å². The maximum absolute atomic E-state index is 5.63. The Morgan fingerprint density at radius 2 is 2.11 bits per heavy atom. The molecule has 0 radical (unpaired) electrons. The Bertz CT molecular complexity index is 495. The van der Waals surface area contributed by atoms with Crippen LogP contribution in [0.5, 0.6) is 0 Å². The Balaban J connectivity index is 2.11. The van der Waals surface area contributed by atoms with Gasteiger partial charge in [-0.15, -0.1) is 11.3 Å². The Labute approximate surface area is 120 Å². The van der Waals surface area contributed by atoms with Gasteiger partial charge < -0.3 is 0 Å². The van der Waals surface area contributed by atoms with E-state index >= 15 is 0 Å². The maximum atomic E-state index is 5.63. The average Bonchev–Trinajstić information content (AvgIpc) is 2.85. The van der Waals surface area contributed by atoms with Crippen LogP contribution in [0.2, 0.25) is 0 Å². The largest absolute Gasteiger partial charge is 0.271 e. The number of pyridine rings is 1. The highest BCUT2D eigenvalue weighted by Crippen LogP contribution is 2.23. The smallest absolute Gasteiger partial charge is 0.0680 e. The predicted molar refractivity (Wildman–Crippen MR) is 79.4 cm³/mol.